The fourth-order valence-electron chi connectivity index (χ4n) is 1.89. The van der Waals surface area contributed by atoms with E-state index in [0.717, 1.165) is 5.56 Å². The number of amides is 1. The second kappa shape index (κ2) is 8.25. The van der Waals surface area contributed by atoms with Gasteiger partial charge in [-0.15, -0.1) is 0 Å². The molecule has 0 atom stereocenters. The molecular weight excluding hydrogens is 308 g/mol. The molecule has 2 N–H and O–H groups in total. The van der Waals surface area contributed by atoms with Gasteiger partial charge in [0.2, 0.25) is 0 Å². The summed E-state index contributed by atoms with van der Waals surface area (Å²) in [7, 11) is 1.46. The van der Waals surface area contributed by atoms with Crippen LogP contribution in [0.3, 0.4) is 0 Å². The van der Waals surface area contributed by atoms with Gasteiger partial charge in [0.25, 0.3) is 5.91 Å². The van der Waals surface area contributed by atoms with Crippen LogP contribution in [-0.4, -0.2) is 18.1 Å². The predicted octanol–water partition coefficient (Wildman–Crippen LogP) is 2.77. The third-order valence-corrected chi connectivity index (χ3v) is 3.12. The van der Waals surface area contributed by atoms with Crippen molar-refractivity contribution >= 4 is 12.0 Å². The van der Waals surface area contributed by atoms with Gasteiger partial charge >= 0.3 is 0 Å². The molecule has 0 aliphatic heterocycles. The summed E-state index contributed by atoms with van der Waals surface area (Å²) < 4.78 is 10.1. The molecule has 0 aliphatic rings. The lowest BCUT2D eigenvalue weighted by Crippen LogP contribution is -2.23. The van der Waals surface area contributed by atoms with Crippen molar-refractivity contribution in [3.05, 3.63) is 65.6 Å². The number of carbonyl (C=O) groups is 1. The molecular formula is C18H16N2O4. The number of benzene rings is 1. The SMILES string of the molecule is COc1cc(C=CC=C(C#N)C(=O)NCc2ccco2)ccc1O. The highest BCUT2D eigenvalue weighted by molar-refractivity contribution is 5.97. The molecule has 1 heterocycles. The van der Waals surface area contributed by atoms with Gasteiger partial charge in [-0.1, -0.05) is 18.2 Å². The van der Waals surface area contributed by atoms with Gasteiger partial charge in [-0.2, -0.15) is 5.26 Å². The van der Waals surface area contributed by atoms with Crippen molar-refractivity contribution in [3.63, 3.8) is 0 Å². The molecule has 1 amide bonds. The zero-order valence-corrected chi connectivity index (χ0v) is 13.0. The monoisotopic (exact) mass is 324 g/mol. The number of methoxy groups -OCH3 is 1. The number of furan rings is 1. The summed E-state index contributed by atoms with van der Waals surface area (Å²) in [6.45, 7) is 0.212. The Morgan fingerprint density at radius 1 is 1.46 bits per heavy atom. The van der Waals surface area contributed by atoms with E-state index in [9.17, 15) is 9.90 Å². The molecule has 0 radical (unpaired) electrons. The van der Waals surface area contributed by atoms with Crippen molar-refractivity contribution in [3.8, 4) is 17.6 Å². The number of phenolic OH excluding ortho intramolecular Hbond substituents is 1. The Morgan fingerprint density at radius 2 is 2.29 bits per heavy atom. The van der Waals surface area contributed by atoms with Crippen LogP contribution < -0.4 is 10.1 Å². The van der Waals surface area contributed by atoms with Crippen molar-refractivity contribution in [2.75, 3.05) is 7.11 Å². The number of carbonyl (C=O) groups excluding carboxylic acids is 1. The summed E-state index contributed by atoms with van der Waals surface area (Å²) >= 11 is 0. The summed E-state index contributed by atoms with van der Waals surface area (Å²) in [5.74, 6) is 0.507. The molecule has 0 saturated carbocycles. The van der Waals surface area contributed by atoms with Crippen molar-refractivity contribution in [2.24, 2.45) is 0 Å². The van der Waals surface area contributed by atoms with Crippen molar-refractivity contribution in [2.45, 2.75) is 6.54 Å². The second-order valence-electron chi connectivity index (χ2n) is 4.74. The van der Waals surface area contributed by atoms with Gasteiger partial charge in [-0.3, -0.25) is 4.79 Å². The lowest BCUT2D eigenvalue weighted by molar-refractivity contribution is -0.117. The minimum atomic E-state index is -0.484. The van der Waals surface area contributed by atoms with E-state index >= 15 is 0 Å². The quantitative estimate of drug-likeness (QED) is 0.484. The summed E-state index contributed by atoms with van der Waals surface area (Å²) in [6.07, 6.45) is 6.20. The van der Waals surface area contributed by atoms with Crippen molar-refractivity contribution in [1.29, 1.82) is 5.26 Å². The third-order valence-electron chi connectivity index (χ3n) is 3.12. The topological polar surface area (TPSA) is 95.5 Å². The van der Waals surface area contributed by atoms with Crippen LogP contribution in [0.25, 0.3) is 6.08 Å². The Kier molecular flexibility index (Phi) is 5.81. The number of hydrogen-bond donors (Lipinski definition) is 2. The number of nitriles is 1. The molecule has 0 aliphatic carbocycles. The first-order chi connectivity index (χ1) is 11.6. The van der Waals surface area contributed by atoms with Crippen LogP contribution in [0.2, 0.25) is 0 Å². The number of phenols is 1. The first-order valence-electron chi connectivity index (χ1n) is 7.10. The van der Waals surface area contributed by atoms with Gasteiger partial charge in [-0.25, -0.2) is 0 Å². The largest absolute Gasteiger partial charge is 0.504 e. The number of ether oxygens (including phenoxy) is 1. The third kappa shape index (κ3) is 4.52. The van der Waals surface area contributed by atoms with Crippen LogP contribution in [-0.2, 0) is 11.3 Å². The smallest absolute Gasteiger partial charge is 0.262 e. The normalized spacial score (nSPS) is 11.2. The zero-order chi connectivity index (χ0) is 17.4. The number of rotatable bonds is 6. The minimum absolute atomic E-state index is 0.0245. The molecule has 6 heteroatoms. The second-order valence-corrected chi connectivity index (χ2v) is 4.74. The van der Waals surface area contributed by atoms with Crippen LogP contribution in [0.15, 0.2) is 58.7 Å². The minimum Gasteiger partial charge on any atom is -0.504 e. The van der Waals surface area contributed by atoms with Crippen LogP contribution >= 0.6 is 0 Å². The van der Waals surface area contributed by atoms with Gasteiger partial charge in [0.15, 0.2) is 11.5 Å². The van der Waals surface area contributed by atoms with E-state index in [2.05, 4.69) is 5.32 Å². The fourth-order valence-corrected chi connectivity index (χ4v) is 1.89. The maximum absolute atomic E-state index is 11.9. The van der Waals surface area contributed by atoms with Gasteiger partial charge in [0, 0.05) is 0 Å². The average Bonchev–Trinajstić information content (AvgIpc) is 3.11. The van der Waals surface area contributed by atoms with E-state index < -0.39 is 5.91 Å². The molecule has 0 fully saturated rings. The standard InChI is InChI=1S/C18H16N2O4/c1-23-17-10-13(7-8-16(17)21)4-2-5-14(11-19)18(22)20-12-15-6-3-9-24-15/h2-10,21H,12H2,1H3,(H,20,22). The number of hydrogen-bond acceptors (Lipinski definition) is 5. The molecule has 0 saturated heterocycles. The van der Waals surface area contributed by atoms with Gasteiger partial charge < -0.3 is 19.6 Å². The van der Waals surface area contributed by atoms with Gasteiger partial charge in [0.05, 0.1) is 19.9 Å². The Hall–Kier alpha value is -3.46. The lowest BCUT2D eigenvalue weighted by atomic mass is 10.1. The highest BCUT2D eigenvalue weighted by Gasteiger charge is 2.08. The maximum Gasteiger partial charge on any atom is 0.262 e. The Morgan fingerprint density at radius 3 is 2.96 bits per heavy atom. The summed E-state index contributed by atoms with van der Waals surface area (Å²) in [5.41, 5.74) is 0.734. The Balaban J connectivity index is 2.02. The van der Waals surface area contributed by atoms with Gasteiger partial charge in [-0.05, 0) is 35.9 Å². The lowest BCUT2D eigenvalue weighted by Gasteiger charge is -2.03. The van der Waals surface area contributed by atoms with Crippen LogP contribution in [0.4, 0.5) is 0 Å². The highest BCUT2D eigenvalue weighted by atomic mass is 16.5. The highest BCUT2D eigenvalue weighted by Crippen LogP contribution is 2.26. The van der Waals surface area contributed by atoms with E-state index in [0.29, 0.717) is 11.5 Å². The Labute approximate surface area is 139 Å². The molecule has 6 nitrogen and oxygen atoms in total. The van der Waals surface area contributed by atoms with E-state index in [1.165, 1.54) is 25.5 Å². The number of nitrogens with one attached hydrogen (secondary N) is 1. The number of allylic oxidation sites excluding steroid dienone is 2. The molecule has 0 spiro atoms. The Bertz CT molecular complexity index is 799. The van der Waals surface area contributed by atoms with Crippen molar-refractivity contribution in [1.82, 2.24) is 5.32 Å². The zero-order valence-electron chi connectivity index (χ0n) is 13.0. The molecule has 122 valence electrons. The first-order valence-corrected chi connectivity index (χ1v) is 7.10. The maximum atomic E-state index is 11.9. The molecule has 2 aromatic rings. The van der Waals surface area contributed by atoms with Crippen molar-refractivity contribution < 1.29 is 19.1 Å². The average molecular weight is 324 g/mol. The molecule has 0 unspecified atom stereocenters. The molecule has 2 rings (SSSR count). The summed E-state index contributed by atoms with van der Waals surface area (Å²) in [4.78, 5) is 11.9. The first kappa shape index (κ1) is 16.9. The number of nitrogens with zero attached hydrogens (tertiary/aromatic N) is 1. The molecule has 0 bridgehead atoms. The van der Waals surface area contributed by atoms with Gasteiger partial charge in [0.1, 0.15) is 17.4 Å². The fraction of sp³-hybridized carbons (Fsp3) is 0.111. The van der Waals surface area contributed by atoms with E-state index in [1.807, 2.05) is 6.07 Å². The van der Waals surface area contributed by atoms with Crippen LogP contribution in [0, 0.1) is 11.3 Å². The summed E-state index contributed by atoms with van der Waals surface area (Å²) in [6, 6.07) is 10.1. The predicted molar refractivity (Wildman–Crippen MR) is 87.9 cm³/mol. The van der Waals surface area contributed by atoms with E-state index in [-0.39, 0.29) is 17.9 Å². The number of aromatic hydroxyl groups is 1. The molecule has 1 aromatic carbocycles. The van der Waals surface area contributed by atoms with E-state index in [1.54, 1.807) is 36.4 Å². The summed E-state index contributed by atoms with van der Waals surface area (Å²) in [5, 5.41) is 21.2. The van der Waals surface area contributed by atoms with E-state index in [4.69, 9.17) is 14.4 Å². The molecule has 24 heavy (non-hydrogen) atoms. The van der Waals surface area contributed by atoms with Crippen LogP contribution in [0.5, 0.6) is 11.5 Å². The molecule has 1 aromatic heterocycles. The van der Waals surface area contributed by atoms with Crippen LogP contribution in [0.1, 0.15) is 11.3 Å².